The SMILES string of the molecule is C[C@H](C[C@H](C)CO)C[C@H](C)COCc1ccccc1. The Balaban J connectivity index is 2.15. The van der Waals surface area contributed by atoms with Crippen molar-refractivity contribution in [3.05, 3.63) is 35.9 Å². The minimum Gasteiger partial charge on any atom is -0.396 e. The van der Waals surface area contributed by atoms with Gasteiger partial charge in [0.2, 0.25) is 0 Å². The summed E-state index contributed by atoms with van der Waals surface area (Å²) in [5.41, 5.74) is 1.23. The fourth-order valence-electron chi connectivity index (χ4n) is 2.56. The zero-order chi connectivity index (χ0) is 14.1. The fraction of sp³-hybridized carbons (Fsp3) is 0.647. The highest BCUT2D eigenvalue weighted by atomic mass is 16.5. The molecule has 0 saturated carbocycles. The van der Waals surface area contributed by atoms with Crippen LogP contribution in [0, 0.1) is 17.8 Å². The summed E-state index contributed by atoms with van der Waals surface area (Å²) in [6, 6.07) is 10.3. The Labute approximate surface area is 117 Å². The van der Waals surface area contributed by atoms with E-state index in [9.17, 15) is 0 Å². The van der Waals surface area contributed by atoms with Crippen molar-refractivity contribution in [1.82, 2.24) is 0 Å². The van der Waals surface area contributed by atoms with Crippen molar-refractivity contribution in [2.75, 3.05) is 13.2 Å². The number of aliphatic hydroxyl groups is 1. The summed E-state index contributed by atoms with van der Waals surface area (Å²) in [5, 5.41) is 9.06. The lowest BCUT2D eigenvalue weighted by atomic mass is 9.90. The van der Waals surface area contributed by atoms with E-state index >= 15 is 0 Å². The van der Waals surface area contributed by atoms with Crippen molar-refractivity contribution < 1.29 is 9.84 Å². The molecule has 3 atom stereocenters. The summed E-state index contributed by atoms with van der Waals surface area (Å²) < 4.78 is 5.76. The average molecular weight is 264 g/mol. The largest absolute Gasteiger partial charge is 0.396 e. The lowest BCUT2D eigenvalue weighted by molar-refractivity contribution is 0.0825. The van der Waals surface area contributed by atoms with Crippen LogP contribution in [0.15, 0.2) is 30.3 Å². The van der Waals surface area contributed by atoms with E-state index in [0.717, 1.165) is 13.0 Å². The third-order valence-corrected chi connectivity index (χ3v) is 3.44. The molecule has 1 rings (SSSR count). The Bertz CT molecular complexity index is 323. The van der Waals surface area contributed by atoms with Crippen LogP contribution >= 0.6 is 0 Å². The molecular weight excluding hydrogens is 236 g/mol. The van der Waals surface area contributed by atoms with Crippen LogP contribution in [-0.4, -0.2) is 18.3 Å². The van der Waals surface area contributed by atoms with Crippen molar-refractivity contribution >= 4 is 0 Å². The molecule has 1 aromatic carbocycles. The Kier molecular flexibility index (Phi) is 7.76. The molecule has 2 heteroatoms. The van der Waals surface area contributed by atoms with Gasteiger partial charge in [0.1, 0.15) is 0 Å². The number of benzene rings is 1. The van der Waals surface area contributed by atoms with E-state index in [1.54, 1.807) is 0 Å². The van der Waals surface area contributed by atoms with Crippen molar-refractivity contribution in [1.29, 1.82) is 0 Å². The van der Waals surface area contributed by atoms with E-state index in [-0.39, 0.29) is 0 Å². The van der Waals surface area contributed by atoms with Crippen molar-refractivity contribution in [3.63, 3.8) is 0 Å². The van der Waals surface area contributed by atoms with Gasteiger partial charge in [0, 0.05) is 13.2 Å². The van der Waals surface area contributed by atoms with Crippen LogP contribution in [0.4, 0.5) is 0 Å². The first-order chi connectivity index (χ1) is 9.11. The van der Waals surface area contributed by atoms with Crippen LogP contribution in [0.2, 0.25) is 0 Å². The van der Waals surface area contributed by atoms with Gasteiger partial charge in [-0.1, -0.05) is 51.1 Å². The van der Waals surface area contributed by atoms with Gasteiger partial charge in [0.25, 0.3) is 0 Å². The highest BCUT2D eigenvalue weighted by molar-refractivity contribution is 5.13. The monoisotopic (exact) mass is 264 g/mol. The Morgan fingerprint density at radius 3 is 2.21 bits per heavy atom. The molecule has 0 heterocycles. The van der Waals surface area contributed by atoms with Crippen LogP contribution in [0.3, 0.4) is 0 Å². The zero-order valence-corrected chi connectivity index (χ0v) is 12.5. The minimum atomic E-state index is 0.295. The van der Waals surface area contributed by atoms with Gasteiger partial charge in [-0.15, -0.1) is 0 Å². The van der Waals surface area contributed by atoms with Gasteiger partial charge in [0.15, 0.2) is 0 Å². The third kappa shape index (κ3) is 7.34. The topological polar surface area (TPSA) is 29.5 Å². The first-order valence-corrected chi connectivity index (χ1v) is 7.34. The van der Waals surface area contributed by atoms with Gasteiger partial charge in [-0.2, -0.15) is 0 Å². The molecule has 108 valence electrons. The zero-order valence-electron chi connectivity index (χ0n) is 12.5. The first-order valence-electron chi connectivity index (χ1n) is 7.34. The minimum absolute atomic E-state index is 0.295. The Hall–Kier alpha value is -0.860. The highest BCUT2D eigenvalue weighted by Crippen LogP contribution is 2.20. The number of rotatable bonds is 9. The first kappa shape index (κ1) is 16.2. The average Bonchev–Trinajstić information content (AvgIpc) is 2.39. The van der Waals surface area contributed by atoms with E-state index in [1.165, 1.54) is 12.0 Å². The van der Waals surface area contributed by atoms with Gasteiger partial charge in [-0.05, 0) is 36.2 Å². The summed E-state index contributed by atoms with van der Waals surface area (Å²) >= 11 is 0. The van der Waals surface area contributed by atoms with E-state index in [0.29, 0.717) is 31.0 Å². The van der Waals surface area contributed by atoms with Crippen molar-refractivity contribution in [2.45, 2.75) is 40.2 Å². The summed E-state index contributed by atoms with van der Waals surface area (Å²) in [6.45, 7) is 8.42. The lowest BCUT2D eigenvalue weighted by Gasteiger charge is -2.19. The molecule has 0 amide bonds. The van der Waals surface area contributed by atoms with E-state index in [1.807, 2.05) is 18.2 Å². The quantitative estimate of drug-likeness (QED) is 0.733. The Morgan fingerprint density at radius 1 is 0.947 bits per heavy atom. The normalized spacial score (nSPS) is 16.0. The molecular formula is C17H28O2. The molecule has 0 bridgehead atoms. The number of aliphatic hydroxyl groups excluding tert-OH is 1. The predicted molar refractivity (Wildman–Crippen MR) is 79.9 cm³/mol. The maximum absolute atomic E-state index is 9.06. The second-order valence-electron chi connectivity index (χ2n) is 5.97. The molecule has 1 aromatic rings. The van der Waals surface area contributed by atoms with Gasteiger partial charge >= 0.3 is 0 Å². The molecule has 0 saturated heterocycles. The molecule has 0 radical (unpaired) electrons. The summed E-state index contributed by atoms with van der Waals surface area (Å²) in [6.07, 6.45) is 2.26. The van der Waals surface area contributed by atoms with Gasteiger partial charge in [-0.3, -0.25) is 0 Å². The van der Waals surface area contributed by atoms with Crippen molar-refractivity contribution in [2.24, 2.45) is 17.8 Å². The predicted octanol–water partition coefficient (Wildman–Crippen LogP) is 3.88. The molecule has 1 N–H and O–H groups in total. The molecule has 0 aliphatic rings. The summed E-state index contributed by atoms with van der Waals surface area (Å²) in [5.74, 6) is 1.63. The van der Waals surface area contributed by atoms with Gasteiger partial charge < -0.3 is 9.84 Å². The van der Waals surface area contributed by atoms with Crippen LogP contribution in [0.1, 0.15) is 39.2 Å². The maximum atomic E-state index is 9.06. The van der Waals surface area contributed by atoms with Crippen LogP contribution in [0.25, 0.3) is 0 Å². The molecule has 0 unspecified atom stereocenters. The third-order valence-electron chi connectivity index (χ3n) is 3.44. The molecule has 0 fully saturated rings. The second kappa shape index (κ2) is 9.11. The molecule has 19 heavy (non-hydrogen) atoms. The Morgan fingerprint density at radius 2 is 1.58 bits per heavy atom. The molecule has 0 aromatic heterocycles. The van der Waals surface area contributed by atoms with Crippen LogP contribution in [-0.2, 0) is 11.3 Å². The second-order valence-corrected chi connectivity index (χ2v) is 5.97. The molecule has 0 aliphatic carbocycles. The molecule has 2 nitrogen and oxygen atoms in total. The van der Waals surface area contributed by atoms with Gasteiger partial charge in [0.05, 0.1) is 6.61 Å². The van der Waals surface area contributed by atoms with E-state index < -0.39 is 0 Å². The van der Waals surface area contributed by atoms with E-state index in [2.05, 4.69) is 32.9 Å². The van der Waals surface area contributed by atoms with Crippen LogP contribution < -0.4 is 0 Å². The summed E-state index contributed by atoms with van der Waals surface area (Å²) in [7, 11) is 0. The standard InChI is InChI=1S/C17H28O2/c1-14(9-15(2)11-18)10-16(3)12-19-13-17-7-5-4-6-8-17/h4-8,14-16,18H,9-13H2,1-3H3/t14-,15+,16+/m1/s1. The fourth-order valence-corrected chi connectivity index (χ4v) is 2.56. The number of hydrogen-bond acceptors (Lipinski definition) is 2. The maximum Gasteiger partial charge on any atom is 0.0717 e. The molecule has 0 spiro atoms. The van der Waals surface area contributed by atoms with E-state index in [4.69, 9.17) is 9.84 Å². The van der Waals surface area contributed by atoms with Crippen molar-refractivity contribution in [3.8, 4) is 0 Å². The van der Waals surface area contributed by atoms with Gasteiger partial charge in [-0.25, -0.2) is 0 Å². The smallest absolute Gasteiger partial charge is 0.0717 e. The van der Waals surface area contributed by atoms with Crippen LogP contribution in [0.5, 0.6) is 0 Å². The number of hydrogen-bond donors (Lipinski definition) is 1. The summed E-state index contributed by atoms with van der Waals surface area (Å²) in [4.78, 5) is 0. The molecule has 0 aliphatic heterocycles. The lowest BCUT2D eigenvalue weighted by Crippen LogP contribution is -2.13. The highest BCUT2D eigenvalue weighted by Gasteiger charge is 2.12. The number of ether oxygens (including phenoxy) is 1.